The van der Waals surface area contributed by atoms with Crippen LogP contribution in [-0.4, -0.2) is 43.8 Å². The number of rotatable bonds is 10. The molecule has 0 aromatic heterocycles. The lowest BCUT2D eigenvalue weighted by molar-refractivity contribution is -0.139. The molecule has 0 heterocycles. The van der Waals surface area contributed by atoms with Gasteiger partial charge in [-0.2, -0.15) is 0 Å². The molecule has 3 aromatic rings. The minimum Gasteiger partial charge on any atom is -0.352 e. The highest BCUT2D eigenvalue weighted by molar-refractivity contribution is 7.92. The normalized spacial score (nSPS) is 14.7. The van der Waals surface area contributed by atoms with E-state index in [1.807, 2.05) is 6.92 Å². The van der Waals surface area contributed by atoms with E-state index in [1.165, 1.54) is 29.2 Å². The van der Waals surface area contributed by atoms with E-state index >= 15 is 0 Å². The molecule has 0 radical (unpaired) electrons. The van der Waals surface area contributed by atoms with Crippen LogP contribution in [0.15, 0.2) is 71.6 Å². The van der Waals surface area contributed by atoms with Crippen LogP contribution in [0.1, 0.15) is 50.2 Å². The maximum absolute atomic E-state index is 14.1. The van der Waals surface area contributed by atoms with E-state index in [0.29, 0.717) is 26.3 Å². The highest BCUT2D eigenvalue weighted by Crippen LogP contribution is 2.29. The van der Waals surface area contributed by atoms with Gasteiger partial charge in [0, 0.05) is 33.2 Å². The van der Waals surface area contributed by atoms with E-state index in [1.54, 1.807) is 49.4 Å². The quantitative estimate of drug-likeness (QED) is 0.256. The number of benzene rings is 3. The summed E-state index contributed by atoms with van der Waals surface area (Å²) in [6.07, 6.45) is 4.96. The van der Waals surface area contributed by atoms with E-state index in [4.69, 9.17) is 34.8 Å². The molecule has 0 bridgehead atoms. The number of hydrogen-bond acceptors (Lipinski definition) is 4. The molecular formula is C31H34Cl3N3O4S. The van der Waals surface area contributed by atoms with E-state index in [-0.39, 0.29) is 23.4 Å². The Morgan fingerprint density at radius 2 is 1.50 bits per heavy atom. The van der Waals surface area contributed by atoms with Gasteiger partial charge in [-0.15, -0.1) is 0 Å². The van der Waals surface area contributed by atoms with Gasteiger partial charge in [-0.1, -0.05) is 77.8 Å². The summed E-state index contributed by atoms with van der Waals surface area (Å²) in [6.45, 7) is 2.87. The van der Waals surface area contributed by atoms with E-state index in [0.717, 1.165) is 42.0 Å². The molecule has 2 amide bonds. The van der Waals surface area contributed by atoms with Gasteiger partial charge in [0.05, 0.1) is 10.6 Å². The Hall–Kier alpha value is -2.78. The third-order valence-electron chi connectivity index (χ3n) is 7.51. The predicted octanol–water partition coefficient (Wildman–Crippen LogP) is 7.02. The van der Waals surface area contributed by atoms with Crippen molar-refractivity contribution in [2.45, 2.75) is 69.5 Å². The number of hydrogen-bond donors (Lipinski definition) is 1. The zero-order valence-corrected chi connectivity index (χ0v) is 26.6. The van der Waals surface area contributed by atoms with Crippen molar-refractivity contribution in [2.75, 3.05) is 10.8 Å². The molecule has 3 aromatic carbocycles. The predicted molar refractivity (Wildman–Crippen MR) is 169 cm³/mol. The first kappa shape index (κ1) is 32.1. The Bertz CT molecular complexity index is 1490. The van der Waals surface area contributed by atoms with Crippen LogP contribution in [0.25, 0.3) is 0 Å². The first-order valence-corrected chi connectivity index (χ1v) is 16.4. The van der Waals surface area contributed by atoms with Gasteiger partial charge in [0.1, 0.15) is 12.6 Å². The van der Waals surface area contributed by atoms with Crippen molar-refractivity contribution in [1.29, 1.82) is 0 Å². The molecule has 1 saturated carbocycles. The molecule has 1 aliphatic rings. The fourth-order valence-corrected chi connectivity index (χ4v) is 7.04. The largest absolute Gasteiger partial charge is 0.352 e. The fourth-order valence-electron chi connectivity index (χ4n) is 4.98. The van der Waals surface area contributed by atoms with Crippen molar-refractivity contribution < 1.29 is 18.0 Å². The summed E-state index contributed by atoms with van der Waals surface area (Å²) >= 11 is 18.9. The lowest BCUT2D eigenvalue weighted by atomic mass is 9.95. The van der Waals surface area contributed by atoms with Gasteiger partial charge < -0.3 is 10.2 Å². The molecule has 11 heteroatoms. The van der Waals surface area contributed by atoms with Crippen LogP contribution in [-0.2, 0) is 26.2 Å². The molecular weight excluding hydrogens is 617 g/mol. The number of sulfonamides is 1. The Balaban J connectivity index is 1.70. The van der Waals surface area contributed by atoms with Crippen LogP contribution < -0.4 is 9.62 Å². The summed E-state index contributed by atoms with van der Waals surface area (Å²) in [5.74, 6) is -0.906. The monoisotopic (exact) mass is 649 g/mol. The average molecular weight is 651 g/mol. The Morgan fingerprint density at radius 3 is 2.10 bits per heavy atom. The minimum absolute atomic E-state index is 0.0240. The Kier molecular flexibility index (Phi) is 10.8. The standard InChI is InChI=1S/C31H34Cl3N3O4S/c1-21-11-15-25(16-12-21)37(42(40,41)26-17-13-23(32)14-18-26)20-30(38)36(19-27-28(33)9-6-10-29(27)34)22(2)31(39)35-24-7-4-3-5-8-24/h6,9-18,22,24H,3-5,7-8,19-20H2,1-2H3,(H,35,39). The van der Waals surface area contributed by atoms with Crippen molar-refractivity contribution in [3.05, 3.63) is 92.9 Å². The van der Waals surface area contributed by atoms with Gasteiger partial charge in [-0.3, -0.25) is 13.9 Å². The van der Waals surface area contributed by atoms with Crippen molar-refractivity contribution in [3.8, 4) is 0 Å². The topological polar surface area (TPSA) is 86.8 Å². The second-order valence-electron chi connectivity index (χ2n) is 10.5. The molecule has 4 rings (SSSR count). The third-order valence-corrected chi connectivity index (χ3v) is 10.3. The van der Waals surface area contributed by atoms with Gasteiger partial charge in [0.15, 0.2) is 0 Å². The summed E-state index contributed by atoms with van der Waals surface area (Å²) in [5, 5.41) is 4.14. The molecule has 1 aliphatic carbocycles. The van der Waals surface area contributed by atoms with Crippen LogP contribution in [0, 0.1) is 6.92 Å². The Morgan fingerprint density at radius 1 is 0.905 bits per heavy atom. The lowest BCUT2D eigenvalue weighted by Gasteiger charge is -2.33. The molecule has 7 nitrogen and oxygen atoms in total. The summed E-state index contributed by atoms with van der Waals surface area (Å²) in [6, 6.07) is 16.7. The number of carbonyl (C=O) groups is 2. The molecule has 0 spiro atoms. The molecule has 0 aliphatic heterocycles. The van der Waals surface area contributed by atoms with Gasteiger partial charge in [-0.05, 0) is 75.2 Å². The van der Waals surface area contributed by atoms with E-state index < -0.39 is 28.5 Å². The highest BCUT2D eigenvalue weighted by atomic mass is 35.5. The molecule has 1 N–H and O–H groups in total. The molecule has 42 heavy (non-hydrogen) atoms. The highest BCUT2D eigenvalue weighted by Gasteiger charge is 2.33. The Labute approximate surface area is 262 Å². The molecule has 0 saturated heterocycles. The number of anilines is 1. The second kappa shape index (κ2) is 14.1. The molecule has 1 fully saturated rings. The first-order chi connectivity index (χ1) is 20.0. The molecule has 1 unspecified atom stereocenters. The van der Waals surface area contributed by atoms with Crippen molar-refractivity contribution in [3.63, 3.8) is 0 Å². The maximum atomic E-state index is 14.1. The summed E-state index contributed by atoms with van der Waals surface area (Å²) in [5.41, 5.74) is 1.70. The van der Waals surface area contributed by atoms with E-state index in [2.05, 4.69) is 5.32 Å². The van der Waals surface area contributed by atoms with Crippen molar-refractivity contribution in [2.24, 2.45) is 0 Å². The van der Waals surface area contributed by atoms with Crippen LogP contribution in [0.2, 0.25) is 15.1 Å². The van der Waals surface area contributed by atoms with Crippen LogP contribution in [0.4, 0.5) is 5.69 Å². The summed E-state index contributed by atoms with van der Waals surface area (Å²) in [7, 11) is -4.20. The zero-order valence-electron chi connectivity index (χ0n) is 23.5. The fraction of sp³-hybridized carbons (Fsp3) is 0.355. The minimum atomic E-state index is -4.20. The smallest absolute Gasteiger partial charge is 0.264 e. The number of carbonyl (C=O) groups excluding carboxylic acids is 2. The van der Waals surface area contributed by atoms with Gasteiger partial charge >= 0.3 is 0 Å². The number of nitrogens with zero attached hydrogens (tertiary/aromatic N) is 2. The number of halogens is 3. The van der Waals surface area contributed by atoms with Gasteiger partial charge in [-0.25, -0.2) is 8.42 Å². The second-order valence-corrected chi connectivity index (χ2v) is 13.7. The summed E-state index contributed by atoms with van der Waals surface area (Å²) < 4.78 is 28.9. The van der Waals surface area contributed by atoms with Gasteiger partial charge in [0.25, 0.3) is 10.0 Å². The summed E-state index contributed by atoms with van der Waals surface area (Å²) in [4.78, 5) is 28.9. The maximum Gasteiger partial charge on any atom is 0.264 e. The average Bonchev–Trinajstić information content (AvgIpc) is 2.96. The SMILES string of the molecule is Cc1ccc(N(CC(=O)N(Cc2c(Cl)cccc2Cl)C(C)C(=O)NC2CCCCC2)S(=O)(=O)c2ccc(Cl)cc2)cc1. The van der Waals surface area contributed by atoms with Crippen molar-refractivity contribution in [1.82, 2.24) is 10.2 Å². The van der Waals surface area contributed by atoms with E-state index in [9.17, 15) is 18.0 Å². The number of nitrogens with one attached hydrogen (secondary N) is 1. The first-order valence-electron chi connectivity index (χ1n) is 13.8. The number of amides is 2. The third kappa shape index (κ3) is 7.78. The zero-order chi connectivity index (χ0) is 30.4. The lowest BCUT2D eigenvalue weighted by Crippen LogP contribution is -2.53. The molecule has 224 valence electrons. The molecule has 1 atom stereocenters. The van der Waals surface area contributed by atoms with Crippen LogP contribution in [0.5, 0.6) is 0 Å². The number of aryl methyl sites for hydroxylation is 1. The van der Waals surface area contributed by atoms with Crippen LogP contribution >= 0.6 is 34.8 Å². The van der Waals surface area contributed by atoms with Crippen LogP contribution in [0.3, 0.4) is 0 Å². The van der Waals surface area contributed by atoms with Gasteiger partial charge in [0.2, 0.25) is 11.8 Å². The van der Waals surface area contributed by atoms with Crippen molar-refractivity contribution >= 4 is 62.3 Å².